The average molecular weight is 491 g/mol. The Bertz CT molecular complexity index is 984. The van der Waals surface area contributed by atoms with E-state index in [0.717, 1.165) is 5.69 Å². The first-order valence-corrected chi connectivity index (χ1v) is 10.7. The molecule has 1 aliphatic rings. The van der Waals surface area contributed by atoms with E-state index < -0.39 is 47.9 Å². The fourth-order valence-electron chi connectivity index (χ4n) is 3.90. The smallest absolute Gasteiger partial charge is 0.416 e. The summed E-state index contributed by atoms with van der Waals surface area (Å²) < 4.78 is 97.6. The Labute approximate surface area is 194 Å². The number of alkyl halides is 6. The van der Waals surface area contributed by atoms with Crippen LogP contribution in [-0.4, -0.2) is 24.9 Å². The third-order valence-corrected chi connectivity index (χ3v) is 5.43. The van der Waals surface area contributed by atoms with Gasteiger partial charge in [-0.1, -0.05) is 0 Å². The summed E-state index contributed by atoms with van der Waals surface area (Å²) in [6.07, 6.45) is -11.6. The predicted molar refractivity (Wildman–Crippen MR) is 115 cm³/mol. The number of rotatable bonds is 6. The van der Waals surface area contributed by atoms with E-state index in [-0.39, 0.29) is 17.7 Å². The minimum Gasteiger partial charge on any atom is -0.485 e. The van der Waals surface area contributed by atoms with Crippen LogP contribution in [0.15, 0.2) is 36.4 Å². The molecule has 3 rings (SSSR count). The van der Waals surface area contributed by atoms with Gasteiger partial charge in [0.05, 0.1) is 23.8 Å². The molecule has 0 radical (unpaired) electrons. The van der Waals surface area contributed by atoms with Gasteiger partial charge in [0.15, 0.2) is 0 Å². The van der Waals surface area contributed by atoms with Crippen molar-refractivity contribution in [2.75, 3.05) is 12.4 Å². The molecule has 0 aliphatic carbocycles. The van der Waals surface area contributed by atoms with E-state index in [1.807, 2.05) is 26.0 Å². The second kappa shape index (κ2) is 9.30. The van der Waals surface area contributed by atoms with E-state index in [0.29, 0.717) is 23.4 Å². The van der Waals surface area contributed by atoms with Gasteiger partial charge in [0.25, 0.3) is 0 Å². The molecular formula is C24H27F6NO3. The first-order valence-electron chi connectivity index (χ1n) is 10.7. The summed E-state index contributed by atoms with van der Waals surface area (Å²) >= 11 is 0. The van der Waals surface area contributed by atoms with Crippen molar-refractivity contribution in [3.05, 3.63) is 58.7 Å². The van der Waals surface area contributed by atoms with E-state index in [4.69, 9.17) is 14.2 Å². The third kappa shape index (κ3) is 5.78. The van der Waals surface area contributed by atoms with Gasteiger partial charge >= 0.3 is 12.4 Å². The van der Waals surface area contributed by atoms with Gasteiger partial charge in [-0.15, -0.1) is 0 Å². The second-order valence-electron chi connectivity index (χ2n) is 8.96. The maximum Gasteiger partial charge on any atom is 0.416 e. The highest BCUT2D eigenvalue weighted by Crippen LogP contribution is 2.45. The van der Waals surface area contributed by atoms with Crippen LogP contribution in [0.4, 0.5) is 32.0 Å². The van der Waals surface area contributed by atoms with E-state index in [1.54, 1.807) is 27.0 Å². The largest absolute Gasteiger partial charge is 0.485 e. The molecule has 0 spiro atoms. The Morgan fingerprint density at radius 2 is 1.56 bits per heavy atom. The van der Waals surface area contributed by atoms with Crippen LogP contribution in [0.3, 0.4) is 0 Å². The van der Waals surface area contributed by atoms with Gasteiger partial charge in [0, 0.05) is 18.3 Å². The number of fused-ring (bicyclic) bond motifs is 1. The Morgan fingerprint density at radius 3 is 2.06 bits per heavy atom. The number of anilines is 1. The predicted octanol–water partition coefficient (Wildman–Crippen LogP) is 6.99. The maximum atomic E-state index is 13.2. The van der Waals surface area contributed by atoms with Crippen LogP contribution in [-0.2, 0) is 28.4 Å². The second-order valence-corrected chi connectivity index (χ2v) is 8.96. The number of ether oxygens (including phenoxy) is 3. The van der Waals surface area contributed by atoms with Crippen molar-refractivity contribution < 1.29 is 40.6 Å². The monoisotopic (exact) mass is 491 g/mol. The lowest BCUT2D eigenvalue weighted by atomic mass is 9.87. The summed E-state index contributed by atoms with van der Waals surface area (Å²) in [6, 6.07) is 6.84. The fraction of sp³-hybridized carbons (Fsp3) is 0.500. The summed E-state index contributed by atoms with van der Waals surface area (Å²) in [4.78, 5) is 0. The van der Waals surface area contributed by atoms with Crippen molar-refractivity contribution in [1.29, 1.82) is 0 Å². The van der Waals surface area contributed by atoms with Crippen molar-refractivity contribution in [1.82, 2.24) is 0 Å². The highest BCUT2D eigenvalue weighted by molar-refractivity contribution is 5.53. The third-order valence-electron chi connectivity index (χ3n) is 5.43. The number of halogens is 6. The van der Waals surface area contributed by atoms with Crippen LogP contribution < -0.4 is 10.1 Å². The normalized spacial score (nSPS) is 20.1. The van der Waals surface area contributed by atoms with Crippen molar-refractivity contribution in [2.45, 2.75) is 70.6 Å². The molecule has 2 aromatic carbocycles. The molecule has 1 N–H and O–H groups in total. The molecule has 0 bridgehead atoms. The molecule has 188 valence electrons. The summed E-state index contributed by atoms with van der Waals surface area (Å²) in [5, 5.41) is 3.02. The van der Waals surface area contributed by atoms with Crippen LogP contribution in [0.5, 0.6) is 5.75 Å². The summed E-state index contributed by atoms with van der Waals surface area (Å²) in [5.74, 6) is 0.563. The molecule has 10 heteroatoms. The fourth-order valence-corrected chi connectivity index (χ4v) is 3.90. The van der Waals surface area contributed by atoms with Gasteiger partial charge in [-0.05, 0) is 69.7 Å². The number of hydrogen-bond acceptors (Lipinski definition) is 4. The zero-order chi connectivity index (χ0) is 25.5. The van der Waals surface area contributed by atoms with Crippen LogP contribution in [0.1, 0.15) is 56.1 Å². The number of nitrogens with one attached hydrogen (secondary N) is 1. The van der Waals surface area contributed by atoms with Gasteiger partial charge in [-0.25, -0.2) is 0 Å². The molecule has 0 amide bonds. The first-order chi connectivity index (χ1) is 15.6. The topological polar surface area (TPSA) is 39.7 Å². The molecule has 1 heterocycles. The lowest BCUT2D eigenvalue weighted by Crippen LogP contribution is -2.51. The first kappa shape index (κ1) is 26.2. The van der Waals surface area contributed by atoms with Crippen molar-refractivity contribution in [2.24, 2.45) is 0 Å². The van der Waals surface area contributed by atoms with Gasteiger partial charge in [-0.2, -0.15) is 26.3 Å². The average Bonchev–Trinajstić information content (AvgIpc) is 2.70. The SMILES string of the molecule is CNc1ccc2c(c1)C(OC(C)C)C(OCc1cc(C(F)(F)F)cc(C(F)(F)F)c1)C(C)(C)O2. The van der Waals surface area contributed by atoms with Gasteiger partial charge in [0.2, 0.25) is 0 Å². The van der Waals surface area contributed by atoms with E-state index in [9.17, 15) is 26.3 Å². The lowest BCUT2D eigenvalue weighted by molar-refractivity contribution is -0.177. The standard InChI is InChI=1S/C24H27F6NO3/c1-13(2)33-20-18-11-17(31-5)6-7-19(18)34-22(3,4)21(20)32-12-14-8-15(23(25,26)27)10-16(9-14)24(28,29)30/h6-11,13,20-21,31H,12H2,1-5H3. The Hall–Kier alpha value is -2.46. The summed E-state index contributed by atoms with van der Waals surface area (Å²) in [6.45, 7) is 6.61. The van der Waals surface area contributed by atoms with Gasteiger partial charge in [-0.3, -0.25) is 0 Å². The quantitative estimate of drug-likeness (QED) is 0.442. The Balaban J connectivity index is 1.98. The lowest BCUT2D eigenvalue weighted by Gasteiger charge is -2.45. The van der Waals surface area contributed by atoms with E-state index in [2.05, 4.69) is 5.32 Å². The summed E-state index contributed by atoms with van der Waals surface area (Å²) in [5.41, 5.74) is -2.56. The van der Waals surface area contributed by atoms with E-state index in [1.165, 1.54) is 0 Å². The van der Waals surface area contributed by atoms with Crippen molar-refractivity contribution in [3.8, 4) is 5.75 Å². The molecule has 0 saturated carbocycles. The van der Waals surface area contributed by atoms with Crippen molar-refractivity contribution in [3.63, 3.8) is 0 Å². The van der Waals surface area contributed by atoms with Crippen molar-refractivity contribution >= 4 is 5.69 Å². The maximum absolute atomic E-state index is 13.2. The molecular weight excluding hydrogens is 464 g/mol. The van der Waals surface area contributed by atoms with Gasteiger partial charge < -0.3 is 19.5 Å². The zero-order valence-electron chi connectivity index (χ0n) is 19.4. The molecule has 2 aromatic rings. The Kier molecular flexibility index (Phi) is 7.15. The molecule has 34 heavy (non-hydrogen) atoms. The van der Waals surface area contributed by atoms with E-state index >= 15 is 0 Å². The summed E-state index contributed by atoms with van der Waals surface area (Å²) in [7, 11) is 1.74. The van der Waals surface area contributed by atoms with Crippen LogP contribution in [0.25, 0.3) is 0 Å². The van der Waals surface area contributed by atoms with Gasteiger partial charge in [0.1, 0.15) is 23.6 Å². The Morgan fingerprint density at radius 1 is 0.971 bits per heavy atom. The molecule has 0 fully saturated rings. The van der Waals surface area contributed by atoms with Crippen LogP contribution in [0.2, 0.25) is 0 Å². The molecule has 2 unspecified atom stereocenters. The number of hydrogen-bond donors (Lipinski definition) is 1. The molecule has 1 aliphatic heterocycles. The van der Waals surface area contributed by atoms with Crippen LogP contribution >= 0.6 is 0 Å². The number of benzene rings is 2. The molecule has 4 nitrogen and oxygen atoms in total. The highest BCUT2D eigenvalue weighted by Gasteiger charge is 2.46. The van der Waals surface area contributed by atoms with Crippen LogP contribution in [0, 0.1) is 0 Å². The molecule has 2 atom stereocenters. The molecule has 0 aromatic heterocycles. The molecule has 0 saturated heterocycles. The highest BCUT2D eigenvalue weighted by atomic mass is 19.4. The minimum absolute atomic E-state index is 0.0946. The minimum atomic E-state index is -4.94. The zero-order valence-corrected chi connectivity index (χ0v) is 19.4.